The van der Waals surface area contributed by atoms with Crippen LogP contribution in [0.25, 0.3) is 5.57 Å². The number of ketones is 1. The van der Waals surface area contributed by atoms with Crippen molar-refractivity contribution >= 4 is 17.0 Å². The molecule has 4 nitrogen and oxygen atoms in total. The van der Waals surface area contributed by atoms with Crippen molar-refractivity contribution in [1.82, 2.24) is 5.32 Å². The van der Waals surface area contributed by atoms with E-state index in [1.807, 2.05) is 30.3 Å². The number of nitrogens with one attached hydrogen (secondary N) is 1. The number of nitrogens with two attached hydrogens (primary N) is 2. The fourth-order valence-electron chi connectivity index (χ4n) is 2.23. The first-order valence-corrected chi connectivity index (χ1v) is 7.37. The van der Waals surface area contributed by atoms with E-state index in [-0.39, 0.29) is 6.04 Å². The van der Waals surface area contributed by atoms with E-state index in [1.54, 1.807) is 0 Å². The number of allylic oxidation sites excluding steroid dienone is 2. The van der Waals surface area contributed by atoms with Crippen LogP contribution < -0.4 is 16.8 Å². The summed E-state index contributed by atoms with van der Waals surface area (Å²) in [6.45, 7) is 1.78. The van der Waals surface area contributed by atoms with E-state index in [1.165, 1.54) is 11.1 Å². The highest BCUT2D eigenvalue weighted by Crippen LogP contribution is 2.21. The summed E-state index contributed by atoms with van der Waals surface area (Å²) in [5.74, 6) is 0.402. The van der Waals surface area contributed by atoms with E-state index in [2.05, 4.69) is 17.5 Å². The lowest BCUT2D eigenvalue weighted by Crippen LogP contribution is -2.27. The van der Waals surface area contributed by atoms with Crippen LogP contribution in [-0.2, 0) is 4.79 Å². The van der Waals surface area contributed by atoms with Gasteiger partial charge in [-0.25, -0.2) is 0 Å². The molecule has 21 heavy (non-hydrogen) atoms. The molecule has 2 aliphatic rings. The Bertz CT molecular complexity index is 523. The molecule has 4 heteroatoms. The molecular formula is C17H23N3O. The summed E-state index contributed by atoms with van der Waals surface area (Å²) in [7, 11) is 0. The van der Waals surface area contributed by atoms with E-state index >= 15 is 0 Å². The lowest BCUT2D eigenvalue weighted by Gasteiger charge is -2.11. The molecule has 1 aromatic rings. The quantitative estimate of drug-likeness (QED) is 0.688. The van der Waals surface area contributed by atoms with Gasteiger partial charge in [0.2, 0.25) is 0 Å². The third-order valence-corrected chi connectivity index (χ3v) is 3.54. The van der Waals surface area contributed by atoms with Gasteiger partial charge < -0.3 is 16.8 Å². The van der Waals surface area contributed by atoms with Crippen molar-refractivity contribution in [1.29, 1.82) is 0 Å². The van der Waals surface area contributed by atoms with E-state index in [9.17, 15) is 4.79 Å². The van der Waals surface area contributed by atoms with Crippen LogP contribution in [-0.4, -0.2) is 24.9 Å². The monoisotopic (exact) mass is 285 g/mol. The Morgan fingerprint density at radius 2 is 1.76 bits per heavy atom. The van der Waals surface area contributed by atoms with E-state index in [4.69, 9.17) is 11.5 Å². The molecule has 0 spiro atoms. The summed E-state index contributed by atoms with van der Waals surface area (Å²) >= 11 is 0. The number of benzene rings is 1. The van der Waals surface area contributed by atoms with Gasteiger partial charge >= 0.3 is 0 Å². The molecule has 1 aromatic carbocycles. The summed E-state index contributed by atoms with van der Waals surface area (Å²) in [5.41, 5.74) is 14.6. The van der Waals surface area contributed by atoms with Crippen molar-refractivity contribution in [3.8, 4) is 0 Å². The number of rotatable bonds is 1. The van der Waals surface area contributed by atoms with Crippen LogP contribution in [0.5, 0.6) is 0 Å². The van der Waals surface area contributed by atoms with Gasteiger partial charge in [0.15, 0.2) is 0 Å². The minimum absolute atomic E-state index is 0.174. The number of hydrogen-bond donors (Lipinski definition) is 3. The van der Waals surface area contributed by atoms with E-state index in [0.29, 0.717) is 5.78 Å². The van der Waals surface area contributed by atoms with Crippen molar-refractivity contribution in [2.45, 2.75) is 25.3 Å². The third kappa shape index (κ3) is 5.17. The molecular weight excluding hydrogens is 262 g/mol. The Morgan fingerprint density at radius 1 is 1.10 bits per heavy atom. The average molecular weight is 285 g/mol. The summed E-state index contributed by atoms with van der Waals surface area (Å²) in [6, 6.07) is 8.06. The first kappa shape index (κ1) is 15.5. The number of carbonyl (C=O) groups is 1. The molecule has 0 amide bonds. The highest BCUT2D eigenvalue weighted by Gasteiger charge is 2.05. The molecule has 1 saturated heterocycles. The zero-order valence-corrected chi connectivity index (χ0v) is 12.2. The fourth-order valence-corrected chi connectivity index (χ4v) is 2.23. The van der Waals surface area contributed by atoms with E-state index in [0.717, 1.165) is 38.0 Å². The maximum absolute atomic E-state index is 10.4. The van der Waals surface area contributed by atoms with Crippen molar-refractivity contribution in [3.63, 3.8) is 0 Å². The molecule has 1 aliphatic carbocycles. The van der Waals surface area contributed by atoms with Crippen LogP contribution in [0.15, 0.2) is 42.5 Å². The van der Waals surface area contributed by atoms with Crippen molar-refractivity contribution in [2.75, 3.05) is 18.8 Å². The third-order valence-electron chi connectivity index (χ3n) is 3.54. The van der Waals surface area contributed by atoms with Gasteiger partial charge in [0.1, 0.15) is 5.78 Å². The first-order chi connectivity index (χ1) is 10.1. The normalized spacial score (nSPS) is 21.3. The highest BCUT2D eigenvalue weighted by molar-refractivity contribution is 5.79. The number of nitrogen functional groups attached to an aromatic ring is 1. The minimum Gasteiger partial charge on any atom is -0.399 e. The van der Waals surface area contributed by atoms with Crippen LogP contribution in [0.3, 0.4) is 0 Å². The summed E-state index contributed by atoms with van der Waals surface area (Å²) in [6.07, 6.45) is 8.65. The van der Waals surface area contributed by atoms with Crippen LogP contribution in [0.4, 0.5) is 5.69 Å². The Kier molecular flexibility index (Phi) is 5.72. The number of hydrogen-bond acceptors (Lipinski definition) is 4. The van der Waals surface area contributed by atoms with Gasteiger partial charge in [-0.15, -0.1) is 0 Å². The smallest absolute Gasteiger partial charge is 0.135 e. The van der Waals surface area contributed by atoms with Gasteiger partial charge in [-0.1, -0.05) is 30.4 Å². The Hall–Kier alpha value is -1.91. The summed E-state index contributed by atoms with van der Waals surface area (Å²) in [4.78, 5) is 10.4. The van der Waals surface area contributed by atoms with E-state index < -0.39 is 0 Å². The molecule has 1 atom stereocenters. The molecule has 0 aromatic heterocycles. The Morgan fingerprint density at radius 3 is 2.24 bits per heavy atom. The molecule has 0 radical (unpaired) electrons. The molecule has 0 bridgehead atoms. The zero-order chi connectivity index (χ0) is 15.1. The van der Waals surface area contributed by atoms with Crippen LogP contribution in [0, 0.1) is 0 Å². The topological polar surface area (TPSA) is 81.1 Å². The standard InChI is InChI=1S/C12H14N2.C5H9NO/c13-11-5-1-9(2-6-11)10-3-7-12(14)8-4-10;7-5-1-3-6-4-2-5/h1-7,12H,8,13-14H2;6H,1-4H2. The molecule has 1 unspecified atom stereocenters. The number of piperidine rings is 1. The molecule has 1 heterocycles. The first-order valence-electron chi connectivity index (χ1n) is 7.37. The van der Waals surface area contributed by atoms with Gasteiger partial charge in [0, 0.05) is 37.7 Å². The van der Waals surface area contributed by atoms with Gasteiger partial charge in [-0.2, -0.15) is 0 Å². The van der Waals surface area contributed by atoms with Gasteiger partial charge in [-0.05, 0) is 29.7 Å². The second-order valence-electron chi connectivity index (χ2n) is 5.33. The molecule has 0 saturated carbocycles. The fraction of sp³-hybridized carbons (Fsp3) is 0.353. The Balaban J connectivity index is 0.000000194. The number of Topliss-reactive ketones (excluding diaryl/α,β-unsaturated/α-hetero) is 1. The van der Waals surface area contributed by atoms with Crippen molar-refractivity contribution < 1.29 is 4.79 Å². The summed E-state index contributed by atoms with van der Waals surface area (Å²) < 4.78 is 0. The number of anilines is 1. The lowest BCUT2D eigenvalue weighted by molar-refractivity contribution is -0.119. The SMILES string of the molecule is Nc1ccc(C2=CCC(N)C=C2)cc1.O=C1CCNCC1. The molecule has 3 rings (SSSR count). The van der Waals surface area contributed by atoms with Crippen LogP contribution in [0.1, 0.15) is 24.8 Å². The molecule has 5 N–H and O–H groups in total. The second kappa shape index (κ2) is 7.76. The molecule has 112 valence electrons. The van der Waals surface area contributed by atoms with Crippen LogP contribution in [0.2, 0.25) is 0 Å². The second-order valence-corrected chi connectivity index (χ2v) is 5.33. The number of carbonyl (C=O) groups excluding carboxylic acids is 1. The predicted octanol–water partition coefficient (Wildman–Crippen LogP) is 1.88. The Labute approximate surface area is 125 Å². The highest BCUT2D eigenvalue weighted by atomic mass is 16.1. The average Bonchev–Trinajstić information content (AvgIpc) is 2.50. The zero-order valence-electron chi connectivity index (χ0n) is 12.2. The largest absolute Gasteiger partial charge is 0.399 e. The van der Waals surface area contributed by atoms with Gasteiger partial charge in [0.25, 0.3) is 0 Å². The maximum Gasteiger partial charge on any atom is 0.135 e. The van der Waals surface area contributed by atoms with Crippen LogP contribution >= 0.6 is 0 Å². The maximum atomic E-state index is 10.4. The van der Waals surface area contributed by atoms with Crippen molar-refractivity contribution in [2.24, 2.45) is 5.73 Å². The molecule has 1 aliphatic heterocycles. The van der Waals surface area contributed by atoms with Crippen molar-refractivity contribution in [3.05, 3.63) is 48.1 Å². The van der Waals surface area contributed by atoms with Gasteiger partial charge in [0.05, 0.1) is 0 Å². The minimum atomic E-state index is 0.174. The predicted molar refractivity (Wildman–Crippen MR) is 87.7 cm³/mol. The van der Waals surface area contributed by atoms with Gasteiger partial charge in [-0.3, -0.25) is 4.79 Å². The summed E-state index contributed by atoms with van der Waals surface area (Å²) in [5, 5.41) is 3.09. The lowest BCUT2D eigenvalue weighted by atomic mass is 9.97. The molecule has 1 fully saturated rings.